The summed E-state index contributed by atoms with van der Waals surface area (Å²) in [7, 11) is 0. The van der Waals surface area contributed by atoms with E-state index in [1.807, 2.05) is 0 Å². The molecular formula is C27H41O2SeTe+. The predicted octanol–water partition coefficient (Wildman–Crippen LogP) is 5.62. The molecule has 0 radical (unpaired) electrons. The third-order valence-electron chi connectivity index (χ3n) is 5.21. The van der Waals surface area contributed by atoms with Gasteiger partial charge in [0.25, 0.3) is 0 Å². The summed E-state index contributed by atoms with van der Waals surface area (Å²) in [6, 6.07) is 4.86. The van der Waals surface area contributed by atoms with E-state index < -0.39 is 0 Å². The molecule has 2 heterocycles. The van der Waals surface area contributed by atoms with Crippen molar-refractivity contribution in [3.63, 3.8) is 0 Å². The van der Waals surface area contributed by atoms with Gasteiger partial charge in [-0.3, -0.25) is 0 Å². The van der Waals surface area contributed by atoms with Gasteiger partial charge in [0, 0.05) is 0 Å². The van der Waals surface area contributed by atoms with Crippen molar-refractivity contribution in [3.05, 3.63) is 51.5 Å². The molecule has 0 fully saturated rings. The number of unbranched alkanes of at least 4 members (excludes halogenated alkanes) is 2. The molecule has 2 N–H and O–H groups in total. The second-order valence-corrected chi connectivity index (χ2v) is 16.3. The molecule has 0 saturated heterocycles. The maximum atomic E-state index is 9.17. The Bertz CT molecular complexity index is 762. The van der Waals surface area contributed by atoms with Crippen molar-refractivity contribution in [2.45, 2.75) is 80.1 Å². The van der Waals surface area contributed by atoms with Crippen molar-refractivity contribution in [1.29, 1.82) is 0 Å². The predicted molar refractivity (Wildman–Crippen MR) is 137 cm³/mol. The van der Waals surface area contributed by atoms with E-state index in [9.17, 15) is 10.2 Å². The van der Waals surface area contributed by atoms with E-state index in [4.69, 9.17) is 0 Å². The summed E-state index contributed by atoms with van der Waals surface area (Å²) >= 11 is 0.128. The van der Waals surface area contributed by atoms with Crippen LogP contribution in [-0.2, 0) is 12.8 Å². The normalized spacial score (nSPS) is 15.0. The standard InChI is InChI=1S/C27H41O2SeTe/c1-26(2,3)24-18-21(19-25(30-24)27(4,5)6)15-20-16-22(11-7-9-13-28)31-23(17-20)12-8-10-14-29/h15-19,28-29H,7-14H2,1-6H3/q+1. The number of aliphatic hydroxyl groups excluding tert-OH is 2. The van der Waals surface area contributed by atoms with Gasteiger partial charge in [-0.2, -0.15) is 0 Å². The van der Waals surface area contributed by atoms with Crippen molar-refractivity contribution < 1.29 is 10.2 Å². The SMILES string of the molecule is CC(C)(C)C1=CC(=Cc2cc(CCCCO)[te+]c(CCCCO)c2)C=C(C(C)(C)C)[Se]1. The molecule has 1 aromatic heterocycles. The van der Waals surface area contributed by atoms with E-state index in [2.05, 4.69) is 71.9 Å². The summed E-state index contributed by atoms with van der Waals surface area (Å²) in [5, 5.41) is 18.3. The Morgan fingerprint density at radius 2 is 1.23 bits per heavy atom. The summed E-state index contributed by atoms with van der Waals surface area (Å²) in [6.07, 6.45) is 13.4. The molecule has 0 atom stereocenters. The first-order valence-electron chi connectivity index (χ1n) is 11.5. The Hall–Kier alpha value is -0.201. The summed E-state index contributed by atoms with van der Waals surface area (Å²) in [5.74, 6) is 0. The van der Waals surface area contributed by atoms with Crippen LogP contribution in [0.1, 0.15) is 79.9 Å². The average Bonchev–Trinajstić information content (AvgIpc) is 2.67. The zero-order chi connectivity index (χ0) is 23.1. The molecule has 172 valence electrons. The van der Waals surface area contributed by atoms with Gasteiger partial charge in [0.2, 0.25) is 0 Å². The molecule has 0 spiro atoms. The minimum atomic E-state index is -0.283. The zero-order valence-corrected chi connectivity index (χ0v) is 24.3. The molecule has 0 bridgehead atoms. The van der Waals surface area contributed by atoms with Gasteiger partial charge in [0.05, 0.1) is 0 Å². The van der Waals surface area contributed by atoms with Crippen molar-refractivity contribution in [2.75, 3.05) is 13.2 Å². The van der Waals surface area contributed by atoms with Crippen molar-refractivity contribution in [2.24, 2.45) is 10.8 Å². The van der Waals surface area contributed by atoms with Crippen molar-refractivity contribution >= 4 is 41.5 Å². The molecule has 0 unspecified atom stereocenters. The first kappa shape index (κ1) is 27.0. The fourth-order valence-electron chi connectivity index (χ4n) is 3.33. The van der Waals surface area contributed by atoms with Crippen LogP contribution < -0.4 is 0 Å². The van der Waals surface area contributed by atoms with Gasteiger partial charge < -0.3 is 0 Å². The molecular weight excluding hydrogens is 563 g/mol. The Morgan fingerprint density at radius 3 is 1.61 bits per heavy atom. The van der Waals surface area contributed by atoms with Crippen LogP contribution in [0.5, 0.6) is 0 Å². The van der Waals surface area contributed by atoms with E-state index in [-0.39, 0.29) is 44.5 Å². The second-order valence-electron chi connectivity index (χ2n) is 10.4. The fourth-order valence-corrected chi connectivity index (χ4v) is 9.41. The quantitative estimate of drug-likeness (QED) is 0.284. The summed E-state index contributed by atoms with van der Waals surface area (Å²) < 4.78 is 6.35. The molecule has 1 aromatic rings. The van der Waals surface area contributed by atoms with Gasteiger partial charge in [-0.05, 0) is 0 Å². The monoisotopic (exact) mass is 607 g/mol. The van der Waals surface area contributed by atoms with Gasteiger partial charge in [-0.1, -0.05) is 0 Å². The number of hydrogen-bond donors (Lipinski definition) is 2. The van der Waals surface area contributed by atoms with Crippen LogP contribution in [-0.4, -0.2) is 58.8 Å². The molecule has 2 rings (SSSR count). The Kier molecular flexibility index (Phi) is 10.7. The van der Waals surface area contributed by atoms with E-state index in [1.165, 1.54) is 11.1 Å². The molecule has 0 aliphatic carbocycles. The van der Waals surface area contributed by atoms with E-state index in [0.717, 1.165) is 38.5 Å². The van der Waals surface area contributed by atoms with Crippen LogP contribution in [0, 0.1) is 10.8 Å². The number of allylic oxidation sites excluding steroid dienone is 5. The molecule has 1 aliphatic heterocycles. The molecule has 2 nitrogen and oxygen atoms in total. The number of aryl methyl sites for hydroxylation is 2. The van der Waals surface area contributed by atoms with Gasteiger partial charge in [0.1, 0.15) is 0 Å². The summed E-state index contributed by atoms with van der Waals surface area (Å²) in [4.78, 5) is 0. The van der Waals surface area contributed by atoms with Crippen LogP contribution in [0.25, 0.3) is 6.08 Å². The molecule has 1 aliphatic rings. The third kappa shape index (κ3) is 9.29. The molecule has 4 heteroatoms. The van der Waals surface area contributed by atoms with Gasteiger partial charge in [-0.15, -0.1) is 0 Å². The van der Waals surface area contributed by atoms with E-state index in [0.29, 0.717) is 15.0 Å². The van der Waals surface area contributed by atoms with Crippen LogP contribution in [0.3, 0.4) is 0 Å². The average molecular weight is 604 g/mol. The molecule has 0 saturated carbocycles. The number of hydrogen-bond acceptors (Lipinski definition) is 2. The molecule has 0 amide bonds. The minimum absolute atomic E-state index is 0.199. The van der Waals surface area contributed by atoms with E-state index in [1.54, 1.807) is 16.1 Å². The molecule has 31 heavy (non-hydrogen) atoms. The first-order chi connectivity index (χ1) is 14.5. The Balaban J connectivity index is 2.43. The Morgan fingerprint density at radius 1 is 0.774 bits per heavy atom. The van der Waals surface area contributed by atoms with Crippen LogP contribution >= 0.6 is 0 Å². The topological polar surface area (TPSA) is 40.5 Å². The second kappa shape index (κ2) is 12.3. The van der Waals surface area contributed by atoms with Gasteiger partial charge in [0.15, 0.2) is 0 Å². The van der Waals surface area contributed by atoms with Gasteiger partial charge >= 0.3 is 207 Å². The van der Waals surface area contributed by atoms with Crippen molar-refractivity contribution in [1.82, 2.24) is 0 Å². The maximum absolute atomic E-state index is 9.17. The zero-order valence-electron chi connectivity index (χ0n) is 20.3. The fraction of sp³-hybridized carbons (Fsp3) is 0.593. The van der Waals surface area contributed by atoms with Gasteiger partial charge in [-0.25, -0.2) is 0 Å². The summed E-state index contributed by atoms with van der Waals surface area (Å²) in [5.41, 5.74) is 3.05. The van der Waals surface area contributed by atoms with E-state index >= 15 is 0 Å². The van der Waals surface area contributed by atoms with Crippen LogP contribution in [0.4, 0.5) is 0 Å². The third-order valence-corrected chi connectivity index (χ3v) is 12.5. The van der Waals surface area contributed by atoms with Crippen LogP contribution in [0.15, 0.2) is 38.8 Å². The van der Waals surface area contributed by atoms with Crippen LogP contribution in [0.2, 0.25) is 0 Å². The number of rotatable bonds is 9. The summed E-state index contributed by atoms with van der Waals surface area (Å²) in [6.45, 7) is 14.6. The van der Waals surface area contributed by atoms with Crippen molar-refractivity contribution in [3.8, 4) is 0 Å². The Labute approximate surface area is 206 Å². The first-order valence-corrected chi connectivity index (χ1v) is 15.6. The number of aliphatic hydroxyl groups is 2. The molecule has 0 aromatic carbocycles.